The molecule has 0 amide bonds. The summed E-state index contributed by atoms with van der Waals surface area (Å²) in [5.74, 6) is -2.30. The van der Waals surface area contributed by atoms with Gasteiger partial charge in [0.2, 0.25) is 5.28 Å². The number of rotatable bonds is 6. The van der Waals surface area contributed by atoms with Crippen LogP contribution in [0.5, 0.6) is 5.75 Å². The number of hydrogen-bond acceptors (Lipinski definition) is 6. The molecule has 0 aliphatic heterocycles. The summed E-state index contributed by atoms with van der Waals surface area (Å²) in [5, 5.41) is 10.4. The Hall–Kier alpha value is -4.01. The minimum atomic E-state index is -0.892. The molecule has 178 valence electrons. The van der Waals surface area contributed by atoms with E-state index in [1.807, 2.05) is 6.07 Å². The normalized spacial score (nSPS) is 11.0. The largest absolute Gasteiger partial charge is 0.508 e. The van der Waals surface area contributed by atoms with Crippen LogP contribution in [0.15, 0.2) is 79.0 Å². The van der Waals surface area contributed by atoms with Crippen molar-refractivity contribution < 1.29 is 18.7 Å². The van der Waals surface area contributed by atoms with Gasteiger partial charge in [-0.2, -0.15) is 0 Å². The number of halogens is 3. The third-order valence-corrected chi connectivity index (χ3v) is 6.72. The van der Waals surface area contributed by atoms with Crippen molar-refractivity contribution >= 4 is 28.7 Å². The second-order valence-corrected chi connectivity index (χ2v) is 9.19. The predicted octanol–water partition coefficient (Wildman–Crippen LogP) is 7.00. The van der Waals surface area contributed by atoms with Gasteiger partial charge in [-0.15, -0.1) is 11.3 Å². The third kappa shape index (κ3) is 4.86. The molecule has 0 aliphatic carbocycles. The number of aromatic nitrogens is 3. The van der Waals surface area contributed by atoms with Crippen molar-refractivity contribution in [1.29, 1.82) is 0 Å². The second-order valence-electron chi connectivity index (χ2n) is 7.85. The molecule has 0 unspecified atom stereocenters. The molecule has 0 saturated carbocycles. The molecule has 5 aromatic rings. The highest BCUT2D eigenvalue weighted by Crippen LogP contribution is 2.40. The quantitative estimate of drug-likeness (QED) is 0.193. The Labute approximate surface area is 213 Å². The summed E-state index contributed by atoms with van der Waals surface area (Å²) in [6.07, 6.45) is 1.36. The van der Waals surface area contributed by atoms with Crippen LogP contribution in [0.2, 0.25) is 5.28 Å². The standard InChI is InChI=1S/C27H16ClF2N3O2S/c28-27-31-12-11-21(32-27)25-24(33-26(36-25)16-7-9-18(34)10-8-16)17-4-1-3-15(13-17)14-22(35)23-19(29)5-2-6-20(23)30/h1-13,34H,14H2. The van der Waals surface area contributed by atoms with Gasteiger partial charge >= 0.3 is 0 Å². The molecule has 0 saturated heterocycles. The third-order valence-electron chi connectivity index (χ3n) is 5.41. The first-order chi connectivity index (χ1) is 17.4. The van der Waals surface area contributed by atoms with Crippen LogP contribution in [-0.4, -0.2) is 25.8 Å². The van der Waals surface area contributed by atoms with Crippen molar-refractivity contribution in [3.05, 3.63) is 107 Å². The van der Waals surface area contributed by atoms with Gasteiger partial charge in [0.05, 0.1) is 21.8 Å². The first-order valence-electron chi connectivity index (χ1n) is 10.7. The number of nitrogens with zero attached hydrogens (tertiary/aromatic N) is 3. The fourth-order valence-corrected chi connectivity index (χ4v) is 4.95. The number of phenols is 1. The minimum Gasteiger partial charge on any atom is -0.508 e. The molecule has 5 nitrogen and oxygen atoms in total. The van der Waals surface area contributed by atoms with E-state index in [4.69, 9.17) is 16.6 Å². The number of hydrogen-bond donors (Lipinski definition) is 1. The lowest BCUT2D eigenvalue weighted by Gasteiger charge is -2.07. The smallest absolute Gasteiger partial charge is 0.222 e. The number of aromatic hydroxyl groups is 1. The summed E-state index contributed by atoms with van der Waals surface area (Å²) in [6, 6.07) is 18.8. The molecule has 0 fully saturated rings. The highest BCUT2D eigenvalue weighted by atomic mass is 35.5. The van der Waals surface area contributed by atoms with Crippen LogP contribution >= 0.6 is 22.9 Å². The molecule has 1 N–H and O–H groups in total. The van der Waals surface area contributed by atoms with Crippen molar-refractivity contribution in [3.63, 3.8) is 0 Å². The maximum absolute atomic E-state index is 14.1. The summed E-state index contributed by atoms with van der Waals surface area (Å²) in [4.78, 5) is 26.5. The van der Waals surface area contributed by atoms with Crippen molar-refractivity contribution in [2.45, 2.75) is 6.42 Å². The lowest BCUT2D eigenvalue weighted by atomic mass is 9.99. The number of thiazole rings is 1. The maximum atomic E-state index is 14.1. The van der Waals surface area contributed by atoms with Crippen LogP contribution in [0.3, 0.4) is 0 Å². The van der Waals surface area contributed by atoms with Crippen molar-refractivity contribution in [3.8, 4) is 38.1 Å². The van der Waals surface area contributed by atoms with Crippen molar-refractivity contribution in [2.24, 2.45) is 0 Å². The van der Waals surface area contributed by atoms with E-state index in [1.54, 1.807) is 54.7 Å². The van der Waals surface area contributed by atoms with Crippen molar-refractivity contribution in [2.75, 3.05) is 0 Å². The van der Waals surface area contributed by atoms with E-state index >= 15 is 0 Å². The molecule has 0 spiro atoms. The van der Waals surface area contributed by atoms with Crippen molar-refractivity contribution in [1.82, 2.24) is 15.0 Å². The minimum absolute atomic E-state index is 0.0873. The van der Waals surface area contributed by atoms with Gasteiger partial charge in [0.25, 0.3) is 0 Å². The Morgan fingerprint density at radius 3 is 2.36 bits per heavy atom. The zero-order valence-corrected chi connectivity index (χ0v) is 20.0. The van der Waals surface area contributed by atoms with Gasteiger partial charge in [0.15, 0.2) is 5.78 Å². The summed E-state index contributed by atoms with van der Waals surface area (Å²) in [7, 11) is 0. The molecular weight excluding hydrogens is 504 g/mol. The predicted molar refractivity (Wildman–Crippen MR) is 135 cm³/mol. The number of carbonyl (C=O) groups is 1. The van der Waals surface area contributed by atoms with E-state index in [2.05, 4.69) is 9.97 Å². The van der Waals surface area contributed by atoms with Crippen LogP contribution < -0.4 is 0 Å². The first kappa shape index (κ1) is 23.7. The van der Waals surface area contributed by atoms with E-state index in [-0.39, 0.29) is 17.5 Å². The van der Waals surface area contributed by atoms with Gasteiger partial charge in [-0.05, 0) is 65.7 Å². The highest BCUT2D eigenvalue weighted by molar-refractivity contribution is 7.18. The van der Waals surface area contributed by atoms with E-state index in [0.717, 1.165) is 22.6 Å². The van der Waals surface area contributed by atoms with Crippen LogP contribution in [0.1, 0.15) is 15.9 Å². The van der Waals surface area contributed by atoms with Gasteiger partial charge in [-0.25, -0.2) is 23.7 Å². The second kappa shape index (κ2) is 9.93. The molecule has 9 heteroatoms. The number of ketones is 1. The molecular formula is C27H16ClF2N3O2S. The molecule has 5 rings (SSSR count). The Morgan fingerprint density at radius 1 is 0.917 bits per heavy atom. The lowest BCUT2D eigenvalue weighted by Crippen LogP contribution is -2.09. The Kier molecular flexibility index (Phi) is 6.54. The molecule has 3 aromatic carbocycles. The zero-order chi connectivity index (χ0) is 25.2. The number of benzene rings is 3. The summed E-state index contributed by atoms with van der Waals surface area (Å²) >= 11 is 7.42. The Morgan fingerprint density at radius 2 is 1.64 bits per heavy atom. The van der Waals surface area contributed by atoms with Crippen LogP contribution in [0.25, 0.3) is 32.4 Å². The monoisotopic (exact) mass is 519 g/mol. The molecule has 2 aromatic heterocycles. The fourth-order valence-electron chi connectivity index (χ4n) is 3.74. The zero-order valence-electron chi connectivity index (χ0n) is 18.5. The summed E-state index contributed by atoms with van der Waals surface area (Å²) < 4.78 is 28.2. The number of Topliss-reactive ketones (excluding diaryl/α,β-unsaturated/α-hetero) is 1. The van der Waals surface area contributed by atoms with Crippen LogP contribution in [-0.2, 0) is 6.42 Å². The molecule has 0 atom stereocenters. The summed E-state index contributed by atoms with van der Waals surface area (Å²) in [5.41, 5.74) is 2.69. The molecule has 0 radical (unpaired) electrons. The topological polar surface area (TPSA) is 76.0 Å². The van der Waals surface area contributed by atoms with Gasteiger partial charge < -0.3 is 5.11 Å². The number of phenolic OH excluding ortho intramolecular Hbond substituents is 1. The van der Waals surface area contributed by atoms with E-state index in [9.17, 15) is 18.7 Å². The lowest BCUT2D eigenvalue weighted by molar-refractivity contribution is 0.0985. The molecule has 2 heterocycles. The average molecular weight is 520 g/mol. The molecule has 36 heavy (non-hydrogen) atoms. The Bertz CT molecular complexity index is 1570. The van der Waals surface area contributed by atoms with Gasteiger partial charge in [-0.3, -0.25) is 4.79 Å². The SMILES string of the molecule is O=C(Cc1cccc(-c2nc(-c3ccc(O)cc3)sc2-c2ccnc(Cl)n2)c1)c1c(F)cccc1F. The van der Waals surface area contributed by atoms with Gasteiger partial charge in [-0.1, -0.05) is 24.3 Å². The Balaban J connectivity index is 1.56. The van der Waals surface area contributed by atoms with Gasteiger partial charge in [0.1, 0.15) is 22.4 Å². The molecule has 0 aliphatic rings. The molecule has 0 bridgehead atoms. The average Bonchev–Trinajstić information content (AvgIpc) is 3.30. The first-order valence-corrected chi connectivity index (χ1v) is 11.9. The van der Waals surface area contributed by atoms with E-state index in [1.165, 1.54) is 17.4 Å². The van der Waals surface area contributed by atoms with Gasteiger partial charge in [0, 0.05) is 23.7 Å². The van der Waals surface area contributed by atoms with Crippen LogP contribution in [0.4, 0.5) is 8.78 Å². The fraction of sp³-hybridized carbons (Fsp3) is 0.0370. The van der Waals surface area contributed by atoms with E-state index < -0.39 is 23.0 Å². The number of carbonyl (C=O) groups excluding carboxylic acids is 1. The summed E-state index contributed by atoms with van der Waals surface area (Å²) in [6.45, 7) is 0. The maximum Gasteiger partial charge on any atom is 0.222 e. The highest BCUT2D eigenvalue weighted by Gasteiger charge is 2.20. The van der Waals surface area contributed by atoms with Crippen LogP contribution in [0, 0.1) is 11.6 Å². The van der Waals surface area contributed by atoms with E-state index in [0.29, 0.717) is 27.5 Å².